The van der Waals surface area contributed by atoms with Gasteiger partial charge in [0, 0.05) is 5.02 Å². The molecule has 1 fully saturated rings. The highest BCUT2D eigenvalue weighted by molar-refractivity contribution is 6.31. The minimum absolute atomic E-state index is 0.651. The Morgan fingerprint density at radius 1 is 1.43 bits per heavy atom. The maximum atomic E-state index is 10.0. The van der Waals surface area contributed by atoms with Crippen LogP contribution in [0.25, 0.3) is 0 Å². The van der Waals surface area contributed by atoms with Gasteiger partial charge in [-0.25, -0.2) is 0 Å². The Hall–Kier alpha value is -0.730. The number of rotatable bonds is 2. The normalized spacial score (nSPS) is 18.0. The smallest absolute Gasteiger partial charge is 0.120 e. The van der Waals surface area contributed by atoms with Gasteiger partial charge < -0.3 is 9.84 Å². The van der Waals surface area contributed by atoms with Crippen molar-refractivity contribution in [1.29, 1.82) is 0 Å². The van der Waals surface area contributed by atoms with Crippen molar-refractivity contribution in [2.75, 3.05) is 7.11 Å². The molecule has 0 aliphatic heterocycles. The van der Waals surface area contributed by atoms with Crippen LogP contribution >= 0.6 is 11.6 Å². The van der Waals surface area contributed by atoms with E-state index in [1.54, 1.807) is 13.2 Å². The Balaban J connectivity index is 2.52. The number of ether oxygens (including phenoxy) is 1. The Kier molecular flexibility index (Phi) is 2.20. The topological polar surface area (TPSA) is 29.5 Å². The van der Waals surface area contributed by atoms with E-state index in [1.807, 2.05) is 13.0 Å². The monoisotopic (exact) mass is 212 g/mol. The van der Waals surface area contributed by atoms with Gasteiger partial charge in [0.1, 0.15) is 5.75 Å². The molecule has 2 nitrogen and oxygen atoms in total. The molecule has 76 valence electrons. The van der Waals surface area contributed by atoms with E-state index in [9.17, 15) is 5.11 Å². The van der Waals surface area contributed by atoms with E-state index < -0.39 is 5.60 Å². The number of methoxy groups -OCH3 is 1. The Bertz CT molecular complexity index is 370. The van der Waals surface area contributed by atoms with Gasteiger partial charge in [-0.05, 0) is 43.0 Å². The minimum Gasteiger partial charge on any atom is -0.497 e. The van der Waals surface area contributed by atoms with Gasteiger partial charge in [-0.3, -0.25) is 0 Å². The molecule has 0 unspecified atom stereocenters. The van der Waals surface area contributed by atoms with Crippen molar-refractivity contribution in [1.82, 2.24) is 0 Å². The maximum Gasteiger partial charge on any atom is 0.120 e. The lowest BCUT2D eigenvalue weighted by atomic mass is 10.0. The molecule has 14 heavy (non-hydrogen) atoms. The van der Waals surface area contributed by atoms with Crippen LogP contribution < -0.4 is 4.74 Å². The van der Waals surface area contributed by atoms with Gasteiger partial charge in [0.2, 0.25) is 0 Å². The quantitative estimate of drug-likeness (QED) is 0.817. The van der Waals surface area contributed by atoms with Crippen LogP contribution in [-0.2, 0) is 5.60 Å². The van der Waals surface area contributed by atoms with Crippen molar-refractivity contribution in [2.24, 2.45) is 0 Å². The van der Waals surface area contributed by atoms with Crippen LogP contribution in [0.1, 0.15) is 24.0 Å². The molecular formula is C11H13ClO2. The van der Waals surface area contributed by atoms with E-state index in [-0.39, 0.29) is 0 Å². The molecule has 3 heteroatoms. The van der Waals surface area contributed by atoms with Gasteiger partial charge in [-0.15, -0.1) is 0 Å². The first-order valence-corrected chi connectivity index (χ1v) is 5.01. The van der Waals surface area contributed by atoms with Gasteiger partial charge in [-0.2, -0.15) is 0 Å². The van der Waals surface area contributed by atoms with Crippen molar-refractivity contribution in [3.63, 3.8) is 0 Å². The zero-order valence-electron chi connectivity index (χ0n) is 8.30. The van der Waals surface area contributed by atoms with Crippen LogP contribution in [0.3, 0.4) is 0 Å². The summed E-state index contributed by atoms with van der Waals surface area (Å²) in [5, 5.41) is 10.7. The molecule has 1 aromatic carbocycles. The van der Waals surface area contributed by atoms with E-state index in [2.05, 4.69) is 0 Å². The molecule has 0 radical (unpaired) electrons. The number of halogens is 1. The van der Waals surface area contributed by atoms with Crippen molar-refractivity contribution in [3.8, 4) is 5.75 Å². The first-order valence-electron chi connectivity index (χ1n) is 4.64. The second-order valence-electron chi connectivity index (χ2n) is 3.81. The third kappa shape index (κ3) is 1.49. The molecule has 0 saturated heterocycles. The molecule has 0 aromatic heterocycles. The van der Waals surface area contributed by atoms with Gasteiger partial charge in [0.25, 0.3) is 0 Å². The molecule has 2 rings (SSSR count). The van der Waals surface area contributed by atoms with E-state index in [1.165, 1.54) is 0 Å². The Labute approximate surface area is 88.5 Å². The summed E-state index contributed by atoms with van der Waals surface area (Å²) in [6.07, 6.45) is 1.63. The Morgan fingerprint density at radius 3 is 2.57 bits per heavy atom. The van der Waals surface area contributed by atoms with Crippen molar-refractivity contribution < 1.29 is 9.84 Å². The molecule has 0 amide bonds. The van der Waals surface area contributed by atoms with Crippen LogP contribution in [-0.4, -0.2) is 12.2 Å². The second kappa shape index (κ2) is 3.14. The first-order chi connectivity index (χ1) is 6.57. The summed E-state index contributed by atoms with van der Waals surface area (Å²) in [5.41, 5.74) is 1.21. The fourth-order valence-electron chi connectivity index (χ4n) is 1.64. The molecule has 1 N–H and O–H groups in total. The third-order valence-corrected chi connectivity index (χ3v) is 3.17. The molecule has 0 heterocycles. The van der Waals surface area contributed by atoms with Gasteiger partial charge in [0.15, 0.2) is 0 Å². The molecule has 1 saturated carbocycles. The van der Waals surface area contributed by atoms with Crippen LogP contribution in [0, 0.1) is 6.92 Å². The SMILES string of the molecule is COc1cc(Cl)c(C)c(C2(O)CC2)c1. The van der Waals surface area contributed by atoms with Crippen LogP contribution in [0.15, 0.2) is 12.1 Å². The average molecular weight is 213 g/mol. The summed E-state index contributed by atoms with van der Waals surface area (Å²) in [5.74, 6) is 0.705. The lowest BCUT2D eigenvalue weighted by Crippen LogP contribution is -2.07. The van der Waals surface area contributed by atoms with Crippen LogP contribution in [0.2, 0.25) is 5.02 Å². The first kappa shape index (κ1) is 9.81. The Morgan fingerprint density at radius 2 is 2.07 bits per heavy atom. The summed E-state index contributed by atoms with van der Waals surface area (Å²) in [6.45, 7) is 1.92. The van der Waals surface area contributed by atoms with Gasteiger partial charge in [-0.1, -0.05) is 11.6 Å². The summed E-state index contributed by atoms with van der Waals surface area (Å²) < 4.78 is 5.12. The fraction of sp³-hybridized carbons (Fsp3) is 0.455. The zero-order valence-corrected chi connectivity index (χ0v) is 9.06. The molecular weight excluding hydrogens is 200 g/mol. The average Bonchev–Trinajstić information content (AvgIpc) is 2.89. The van der Waals surface area contributed by atoms with E-state index >= 15 is 0 Å². The zero-order chi connectivity index (χ0) is 10.3. The van der Waals surface area contributed by atoms with Crippen LogP contribution in [0.4, 0.5) is 0 Å². The standard InChI is InChI=1S/C11H13ClO2/c1-7-9(11(13)3-4-11)5-8(14-2)6-10(7)12/h5-6,13H,3-4H2,1-2H3. The molecule has 1 aliphatic carbocycles. The number of aliphatic hydroxyl groups is 1. The lowest BCUT2D eigenvalue weighted by Gasteiger charge is -2.14. The third-order valence-electron chi connectivity index (χ3n) is 2.78. The second-order valence-corrected chi connectivity index (χ2v) is 4.22. The van der Waals surface area contributed by atoms with E-state index in [0.29, 0.717) is 10.8 Å². The predicted octanol–water partition coefficient (Wildman–Crippen LogP) is 2.64. The molecule has 1 aliphatic rings. The highest BCUT2D eigenvalue weighted by Gasteiger charge is 2.43. The number of benzene rings is 1. The van der Waals surface area contributed by atoms with E-state index in [4.69, 9.17) is 16.3 Å². The van der Waals surface area contributed by atoms with Gasteiger partial charge in [0.05, 0.1) is 12.7 Å². The summed E-state index contributed by atoms with van der Waals surface area (Å²) in [6, 6.07) is 3.64. The van der Waals surface area contributed by atoms with Crippen LogP contribution in [0.5, 0.6) is 5.75 Å². The van der Waals surface area contributed by atoms with Crippen molar-refractivity contribution >= 4 is 11.6 Å². The van der Waals surface area contributed by atoms with Crippen molar-refractivity contribution in [3.05, 3.63) is 28.3 Å². The number of hydrogen-bond acceptors (Lipinski definition) is 2. The van der Waals surface area contributed by atoms with E-state index in [0.717, 1.165) is 24.0 Å². The highest BCUT2D eigenvalue weighted by atomic mass is 35.5. The molecule has 0 bridgehead atoms. The lowest BCUT2D eigenvalue weighted by molar-refractivity contribution is 0.150. The highest BCUT2D eigenvalue weighted by Crippen LogP contribution is 2.48. The molecule has 1 aromatic rings. The summed E-state index contributed by atoms with van der Waals surface area (Å²) in [7, 11) is 1.60. The summed E-state index contributed by atoms with van der Waals surface area (Å²) >= 11 is 6.04. The number of hydrogen-bond donors (Lipinski definition) is 1. The summed E-state index contributed by atoms with van der Waals surface area (Å²) in [4.78, 5) is 0. The molecule has 0 spiro atoms. The largest absolute Gasteiger partial charge is 0.497 e. The molecule has 0 atom stereocenters. The minimum atomic E-state index is -0.651. The van der Waals surface area contributed by atoms with Gasteiger partial charge >= 0.3 is 0 Å². The van der Waals surface area contributed by atoms with Crippen molar-refractivity contribution in [2.45, 2.75) is 25.4 Å². The fourth-order valence-corrected chi connectivity index (χ4v) is 1.85. The predicted molar refractivity (Wildman–Crippen MR) is 55.9 cm³/mol. The maximum absolute atomic E-state index is 10.0.